The molecule has 0 radical (unpaired) electrons. The highest BCUT2D eigenvalue weighted by Crippen LogP contribution is 2.60. The Bertz CT molecular complexity index is 3400. The minimum Gasteiger partial charge on any atom is -0.455 e. The van der Waals surface area contributed by atoms with Gasteiger partial charge in [0.15, 0.2) is 11.4 Å². The first kappa shape index (κ1) is 33.2. The molecule has 7 aromatic carbocycles. The molecule has 0 saturated heterocycles. The van der Waals surface area contributed by atoms with E-state index in [-0.39, 0.29) is 10.8 Å². The van der Waals surface area contributed by atoms with Gasteiger partial charge in [0.2, 0.25) is 0 Å². The third-order valence-corrected chi connectivity index (χ3v) is 14.1. The topological polar surface area (TPSA) is 52.1 Å². The van der Waals surface area contributed by atoms with Crippen molar-refractivity contribution in [1.82, 2.24) is 9.97 Å². The quantitative estimate of drug-likeness (QED) is 0.180. The summed E-state index contributed by atoms with van der Waals surface area (Å²) in [6.45, 7) is 4.82. The van der Waals surface area contributed by atoms with Crippen molar-refractivity contribution in [2.24, 2.45) is 0 Å². The van der Waals surface area contributed by atoms with E-state index in [1.54, 1.807) is 5.56 Å². The zero-order valence-electron chi connectivity index (χ0n) is 33.1. The molecule has 0 N–H and O–H groups in total. The molecule has 0 amide bonds. The van der Waals surface area contributed by atoms with Crippen LogP contribution in [-0.4, -0.2) is 9.97 Å². The van der Waals surface area contributed by atoms with Crippen LogP contribution in [0.15, 0.2) is 154 Å². The predicted molar refractivity (Wildman–Crippen MR) is 240 cm³/mol. The Morgan fingerprint density at radius 3 is 2.05 bits per heavy atom. The van der Waals surface area contributed by atoms with Crippen molar-refractivity contribution in [3.63, 3.8) is 0 Å². The Kier molecular flexibility index (Phi) is 6.70. The lowest BCUT2D eigenvalue weighted by Gasteiger charge is -2.36. The van der Waals surface area contributed by atoms with Gasteiger partial charge in [-0.05, 0) is 111 Å². The molecule has 4 heteroatoms. The van der Waals surface area contributed by atoms with Crippen molar-refractivity contribution in [1.29, 1.82) is 0 Å². The molecule has 0 bridgehead atoms. The van der Waals surface area contributed by atoms with E-state index < -0.39 is 0 Å². The van der Waals surface area contributed by atoms with Crippen LogP contribution in [0.4, 0.5) is 0 Å². The van der Waals surface area contributed by atoms with Crippen molar-refractivity contribution in [3.05, 3.63) is 168 Å². The number of nitrogens with zero attached hydrogens (tertiary/aromatic N) is 2. The van der Waals surface area contributed by atoms with Gasteiger partial charge in [0, 0.05) is 38.1 Å². The first-order chi connectivity index (χ1) is 29.0. The maximum Gasteiger partial charge on any atom is 0.180 e. The van der Waals surface area contributed by atoms with Crippen LogP contribution >= 0.6 is 0 Å². The van der Waals surface area contributed by atoms with Crippen LogP contribution in [0.25, 0.3) is 100 Å². The van der Waals surface area contributed by atoms with E-state index in [4.69, 9.17) is 18.8 Å². The molecule has 1 saturated carbocycles. The van der Waals surface area contributed by atoms with Gasteiger partial charge in [0.25, 0.3) is 0 Å². The zero-order chi connectivity index (χ0) is 39.0. The first-order valence-electron chi connectivity index (χ1n) is 21.1. The van der Waals surface area contributed by atoms with Crippen LogP contribution in [0, 0.1) is 0 Å². The summed E-state index contributed by atoms with van der Waals surface area (Å²) in [5.41, 5.74) is 20.4. The lowest BCUT2D eigenvalue weighted by Crippen LogP contribution is -2.28. The molecule has 1 spiro atoms. The van der Waals surface area contributed by atoms with Crippen LogP contribution < -0.4 is 0 Å². The number of aromatic nitrogens is 2. The molecule has 282 valence electrons. The van der Waals surface area contributed by atoms with Crippen LogP contribution in [0.3, 0.4) is 0 Å². The van der Waals surface area contributed by atoms with E-state index in [2.05, 4.69) is 123 Å². The fraction of sp³-hybridized carbons (Fsp3) is 0.164. The maximum absolute atomic E-state index is 6.82. The minimum absolute atomic E-state index is 0.104. The summed E-state index contributed by atoms with van der Waals surface area (Å²) in [6, 6.07) is 52.7. The lowest BCUT2D eigenvalue weighted by molar-refractivity contribution is 0.353. The van der Waals surface area contributed by atoms with E-state index in [0.717, 1.165) is 55.2 Å². The Balaban J connectivity index is 0.999. The molecular formula is C55H40N2O2. The first-order valence-corrected chi connectivity index (χ1v) is 21.1. The van der Waals surface area contributed by atoms with Crippen LogP contribution in [0.1, 0.15) is 68.2 Å². The molecule has 3 aliphatic carbocycles. The Labute approximate surface area is 342 Å². The monoisotopic (exact) mass is 760 g/mol. The van der Waals surface area contributed by atoms with Gasteiger partial charge in [-0.15, -0.1) is 0 Å². The fourth-order valence-electron chi connectivity index (χ4n) is 11.3. The average molecular weight is 761 g/mol. The molecule has 0 aliphatic heterocycles. The fourth-order valence-corrected chi connectivity index (χ4v) is 11.3. The summed E-state index contributed by atoms with van der Waals surface area (Å²) in [5.74, 6) is 0.653. The number of furan rings is 2. The van der Waals surface area contributed by atoms with E-state index in [0.29, 0.717) is 11.4 Å². The van der Waals surface area contributed by atoms with Crippen LogP contribution in [0.2, 0.25) is 0 Å². The highest BCUT2D eigenvalue weighted by molar-refractivity contribution is 6.14. The molecule has 3 heterocycles. The van der Waals surface area contributed by atoms with Crippen molar-refractivity contribution < 1.29 is 8.83 Å². The predicted octanol–water partition coefficient (Wildman–Crippen LogP) is 14.8. The summed E-state index contributed by atoms with van der Waals surface area (Å²) in [7, 11) is 0. The smallest absolute Gasteiger partial charge is 0.180 e. The van der Waals surface area contributed by atoms with Gasteiger partial charge in [-0.1, -0.05) is 136 Å². The normalized spacial score (nSPS) is 15.9. The third-order valence-electron chi connectivity index (χ3n) is 14.1. The second-order valence-corrected chi connectivity index (χ2v) is 17.5. The zero-order valence-corrected chi connectivity index (χ0v) is 33.1. The third kappa shape index (κ3) is 4.49. The minimum atomic E-state index is -0.132. The summed E-state index contributed by atoms with van der Waals surface area (Å²) in [4.78, 5) is 10.3. The SMILES string of the molecule is CC1(C)c2cc3c(cc2-c2c(-c4ccc5oc6c(-c7nc(-c8ccccc8)nc8c7oc7ccccc78)cccc6c5c4)cccc21)C1(CCCCC1)c1ccccc1-3. The molecule has 3 aliphatic rings. The summed E-state index contributed by atoms with van der Waals surface area (Å²) in [5, 5.41) is 3.10. The molecular weight excluding hydrogens is 721 g/mol. The number of rotatable bonds is 3. The number of para-hydroxylation sites is 2. The molecule has 13 rings (SSSR count). The van der Waals surface area contributed by atoms with Crippen molar-refractivity contribution in [2.45, 2.75) is 56.8 Å². The number of fused-ring (bicyclic) bond motifs is 14. The Morgan fingerprint density at radius 1 is 0.458 bits per heavy atom. The molecule has 4 nitrogen and oxygen atoms in total. The van der Waals surface area contributed by atoms with E-state index >= 15 is 0 Å². The van der Waals surface area contributed by atoms with E-state index in [9.17, 15) is 0 Å². The van der Waals surface area contributed by atoms with Crippen LogP contribution in [-0.2, 0) is 10.8 Å². The number of benzene rings is 7. The second-order valence-electron chi connectivity index (χ2n) is 17.5. The second kappa shape index (κ2) is 11.9. The van der Waals surface area contributed by atoms with E-state index in [1.807, 2.05) is 36.4 Å². The lowest BCUT2D eigenvalue weighted by atomic mass is 9.67. The van der Waals surface area contributed by atoms with Gasteiger partial charge in [0.05, 0.1) is 0 Å². The highest BCUT2D eigenvalue weighted by atomic mass is 16.3. The number of hydrogen-bond donors (Lipinski definition) is 0. The molecule has 10 aromatic rings. The van der Waals surface area contributed by atoms with Gasteiger partial charge in [0.1, 0.15) is 28.0 Å². The average Bonchev–Trinajstić information content (AvgIpc) is 3.99. The largest absolute Gasteiger partial charge is 0.455 e. The Hall–Kier alpha value is -6.78. The van der Waals surface area contributed by atoms with Crippen molar-refractivity contribution >= 4 is 44.0 Å². The molecule has 1 fully saturated rings. The van der Waals surface area contributed by atoms with Gasteiger partial charge >= 0.3 is 0 Å². The van der Waals surface area contributed by atoms with Crippen LogP contribution in [0.5, 0.6) is 0 Å². The number of hydrogen-bond acceptors (Lipinski definition) is 4. The van der Waals surface area contributed by atoms with Gasteiger partial charge in [-0.2, -0.15) is 0 Å². The summed E-state index contributed by atoms with van der Waals surface area (Å²) < 4.78 is 13.4. The standard InChI is InChI=1S/C55H40N2O2/c1-54(2)43-23-14-19-34(48(43)41-31-45-39(30-44(41)54)35-17-7-9-22-42(35)55(45)27-11-4-12-28-55)33-25-26-47-40(29-33)36-20-13-21-38(51(36)58-47)50-52-49(37-18-8-10-24-46(37)59-52)56-53(57-50)32-15-5-3-6-16-32/h3,5-10,13-26,29-31H,4,11-12,27-28H2,1-2H3. The maximum atomic E-state index is 6.82. The molecule has 0 unspecified atom stereocenters. The summed E-state index contributed by atoms with van der Waals surface area (Å²) >= 11 is 0. The van der Waals surface area contributed by atoms with Gasteiger partial charge in [-0.25, -0.2) is 9.97 Å². The van der Waals surface area contributed by atoms with Gasteiger partial charge in [-0.3, -0.25) is 0 Å². The van der Waals surface area contributed by atoms with Gasteiger partial charge < -0.3 is 8.83 Å². The summed E-state index contributed by atoms with van der Waals surface area (Å²) in [6.07, 6.45) is 6.35. The highest BCUT2D eigenvalue weighted by Gasteiger charge is 2.46. The molecule has 59 heavy (non-hydrogen) atoms. The van der Waals surface area contributed by atoms with E-state index in [1.165, 1.54) is 82.2 Å². The molecule has 3 aromatic heterocycles. The molecule has 0 atom stereocenters. The van der Waals surface area contributed by atoms with Crippen molar-refractivity contribution in [3.8, 4) is 56.0 Å². The Morgan fingerprint density at radius 2 is 1.15 bits per heavy atom. The van der Waals surface area contributed by atoms with Crippen molar-refractivity contribution in [2.75, 3.05) is 0 Å².